The zero-order valence-corrected chi connectivity index (χ0v) is 10.5. The fraction of sp³-hybridized carbons (Fsp3) is 0.615. The molecule has 1 N–H and O–H groups in total. The van der Waals surface area contributed by atoms with Gasteiger partial charge in [-0.1, -0.05) is 0 Å². The van der Waals surface area contributed by atoms with Gasteiger partial charge in [0.2, 0.25) is 5.91 Å². The van der Waals surface area contributed by atoms with E-state index >= 15 is 0 Å². The first kappa shape index (κ1) is 12.2. The third-order valence-corrected chi connectivity index (χ3v) is 3.20. The van der Waals surface area contributed by atoms with Crippen LogP contribution in [0.15, 0.2) is 16.5 Å². The second kappa shape index (κ2) is 5.36. The molecule has 0 aliphatic carbocycles. The summed E-state index contributed by atoms with van der Waals surface area (Å²) in [5, 5.41) is 3.28. The first-order chi connectivity index (χ1) is 8.16. The maximum absolute atomic E-state index is 12.0. The van der Waals surface area contributed by atoms with Gasteiger partial charge < -0.3 is 14.6 Å². The fourth-order valence-electron chi connectivity index (χ4n) is 2.20. The predicted octanol–water partition coefficient (Wildman–Crippen LogP) is 1.34. The highest BCUT2D eigenvalue weighted by molar-refractivity contribution is 5.76. The number of amides is 1. The van der Waals surface area contributed by atoms with E-state index in [1.165, 1.54) is 0 Å². The van der Waals surface area contributed by atoms with Gasteiger partial charge in [0.05, 0.1) is 0 Å². The first-order valence-electron chi connectivity index (χ1n) is 6.22. The molecule has 1 saturated heterocycles. The molecule has 4 nitrogen and oxygen atoms in total. The molecule has 1 unspecified atom stereocenters. The Labute approximate surface area is 102 Å². The molecule has 94 valence electrons. The monoisotopic (exact) mass is 236 g/mol. The Bertz CT molecular complexity index is 387. The number of aryl methyl sites for hydroxylation is 2. The number of carbonyl (C=O) groups is 1. The van der Waals surface area contributed by atoms with E-state index in [1.807, 2.05) is 24.0 Å². The van der Waals surface area contributed by atoms with Gasteiger partial charge in [-0.25, -0.2) is 0 Å². The Hall–Kier alpha value is -1.29. The smallest absolute Gasteiger partial charge is 0.223 e. The number of carbonyl (C=O) groups excluding carboxylic acids is 1. The van der Waals surface area contributed by atoms with Crippen molar-refractivity contribution in [3.63, 3.8) is 0 Å². The molecule has 1 amide bonds. The van der Waals surface area contributed by atoms with Crippen molar-refractivity contribution in [3.8, 4) is 0 Å². The van der Waals surface area contributed by atoms with Crippen LogP contribution in [0.3, 0.4) is 0 Å². The number of furan rings is 1. The topological polar surface area (TPSA) is 45.5 Å². The normalized spacial score (nSPS) is 20.6. The van der Waals surface area contributed by atoms with Crippen LogP contribution in [0.2, 0.25) is 0 Å². The number of nitrogens with zero attached hydrogens (tertiary/aromatic N) is 1. The van der Waals surface area contributed by atoms with Crippen molar-refractivity contribution < 1.29 is 9.21 Å². The summed E-state index contributed by atoms with van der Waals surface area (Å²) < 4.78 is 5.46. The summed E-state index contributed by atoms with van der Waals surface area (Å²) in [6.45, 7) is 6.61. The minimum atomic E-state index is 0.230. The molecule has 1 atom stereocenters. The number of piperazine rings is 1. The Morgan fingerprint density at radius 1 is 1.59 bits per heavy atom. The fourth-order valence-corrected chi connectivity index (χ4v) is 2.20. The van der Waals surface area contributed by atoms with Gasteiger partial charge in [0.25, 0.3) is 0 Å². The SMILES string of the molecule is Cc1ccc(CCC(=O)N2CCNCC2C)o1. The highest BCUT2D eigenvalue weighted by atomic mass is 16.3. The minimum absolute atomic E-state index is 0.230. The number of hydrogen-bond acceptors (Lipinski definition) is 3. The Balaban J connectivity index is 1.84. The van der Waals surface area contributed by atoms with E-state index in [9.17, 15) is 4.79 Å². The molecule has 4 heteroatoms. The van der Waals surface area contributed by atoms with E-state index in [0.717, 1.165) is 31.2 Å². The van der Waals surface area contributed by atoms with Crippen LogP contribution in [0, 0.1) is 6.92 Å². The summed E-state index contributed by atoms with van der Waals surface area (Å²) in [6.07, 6.45) is 1.24. The molecule has 1 aliphatic rings. The van der Waals surface area contributed by atoms with Crippen molar-refractivity contribution >= 4 is 5.91 Å². The molecular weight excluding hydrogens is 216 g/mol. The zero-order chi connectivity index (χ0) is 12.3. The third-order valence-electron chi connectivity index (χ3n) is 3.20. The van der Waals surface area contributed by atoms with Gasteiger partial charge >= 0.3 is 0 Å². The summed E-state index contributed by atoms with van der Waals surface area (Å²) in [4.78, 5) is 14.0. The molecule has 2 heterocycles. The van der Waals surface area contributed by atoms with Gasteiger partial charge in [0, 0.05) is 38.5 Å². The molecule has 1 aromatic rings. The molecule has 17 heavy (non-hydrogen) atoms. The molecular formula is C13H20N2O2. The van der Waals surface area contributed by atoms with E-state index < -0.39 is 0 Å². The average Bonchev–Trinajstić information content (AvgIpc) is 2.73. The van der Waals surface area contributed by atoms with Crippen LogP contribution < -0.4 is 5.32 Å². The van der Waals surface area contributed by atoms with Gasteiger partial charge in [-0.3, -0.25) is 4.79 Å². The lowest BCUT2D eigenvalue weighted by molar-refractivity contribution is -0.134. The number of rotatable bonds is 3. The summed E-state index contributed by atoms with van der Waals surface area (Å²) >= 11 is 0. The largest absolute Gasteiger partial charge is 0.466 e. The summed E-state index contributed by atoms with van der Waals surface area (Å²) in [5.41, 5.74) is 0. The molecule has 1 aliphatic heterocycles. The number of hydrogen-bond donors (Lipinski definition) is 1. The van der Waals surface area contributed by atoms with E-state index in [-0.39, 0.29) is 5.91 Å². The molecule has 1 fully saturated rings. The zero-order valence-electron chi connectivity index (χ0n) is 10.5. The Kier molecular flexibility index (Phi) is 3.84. The third kappa shape index (κ3) is 3.09. The molecule has 0 bridgehead atoms. The van der Waals surface area contributed by atoms with Crippen LogP contribution in [-0.4, -0.2) is 36.5 Å². The highest BCUT2D eigenvalue weighted by Gasteiger charge is 2.22. The van der Waals surface area contributed by atoms with Crippen LogP contribution in [0.4, 0.5) is 0 Å². The van der Waals surface area contributed by atoms with Crippen LogP contribution in [0.1, 0.15) is 24.9 Å². The van der Waals surface area contributed by atoms with Crippen LogP contribution >= 0.6 is 0 Å². The summed E-state index contributed by atoms with van der Waals surface area (Å²) in [7, 11) is 0. The van der Waals surface area contributed by atoms with Crippen LogP contribution in [-0.2, 0) is 11.2 Å². The maximum atomic E-state index is 12.0. The van der Waals surface area contributed by atoms with Gasteiger partial charge in [0.15, 0.2) is 0 Å². The van der Waals surface area contributed by atoms with Crippen molar-refractivity contribution in [2.24, 2.45) is 0 Å². The van der Waals surface area contributed by atoms with Crippen LogP contribution in [0.25, 0.3) is 0 Å². The molecule has 0 saturated carbocycles. The minimum Gasteiger partial charge on any atom is -0.466 e. The van der Waals surface area contributed by atoms with Crippen molar-refractivity contribution in [1.29, 1.82) is 0 Å². The lowest BCUT2D eigenvalue weighted by atomic mass is 10.1. The molecule has 1 aromatic heterocycles. The first-order valence-corrected chi connectivity index (χ1v) is 6.22. The van der Waals surface area contributed by atoms with Gasteiger partial charge in [-0.05, 0) is 26.0 Å². The predicted molar refractivity (Wildman–Crippen MR) is 65.8 cm³/mol. The van der Waals surface area contributed by atoms with Crippen molar-refractivity contribution in [2.45, 2.75) is 32.7 Å². The second-order valence-corrected chi connectivity index (χ2v) is 4.65. The van der Waals surface area contributed by atoms with Crippen molar-refractivity contribution in [1.82, 2.24) is 10.2 Å². The van der Waals surface area contributed by atoms with Gasteiger partial charge in [-0.2, -0.15) is 0 Å². The Morgan fingerprint density at radius 2 is 2.41 bits per heavy atom. The lowest BCUT2D eigenvalue weighted by Crippen LogP contribution is -2.52. The highest BCUT2D eigenvalue weighted by Crippen LogP contribution is 2.11. The quantitative estimate of drug-likeness (QED) is 0.861. The molecule has 0 radical (unpaired) electrons. The number of nitrogens with one attached hydrogen (secondary N) is 1. The van der Waals surface area contributed by atoms with E-state index in [1.54, 1.807) is 0 Å². The van der Waals surface area contributed by atoms with Crippen molar-refractivity contribution in [3.05, 3.63) is 23.7 Å². The maximum Gasteiger partial charge on any atom is 0.223 e. The molecule has 0 spiro atoms. The molecule has 0 aromatic carbocycles. The van der Waals surface area contributed by atoms with Crippen LogP contribution in [0.5, 0.6) is 0 Å². The van der Waals surface area contributed by atoms with Gasteiger partial charge in [-0.15, -0.1) is 0 Å². The summed E-state index contributed by atoms with van der Waals surface area (Å²) in [6, 6.07) is 4.19. The van der Waals surface area contributed by atoms with E-state index in [2.05, 4.69) is 12.2 Å². The standard InChI is InChI=1S/C13H20N2O2/c1-10-9-14-7-8-15(10)13(16)6-5-12-4-3-11(2)17-12/h3-4,10,14H,5-9H2,1-2H3. The molecule has 2 rings (SSSR count). The lowest BCUT2D eigenvalue weighted by Gasteiger charge is -2.34. The average molecular weight is 236 g/mol. The Morgan fingerprint density at radius 3 is 3.06 bits per heavy atom. The van der Waals surface area contributed by atoms with Crippen molar-refractivity contribution in [2.75, 3.05) is 19.6 Å². The summed E-state index contributed by atoms with van der Waals surface area (Å²) in [5.74, 6) is 2.04. The van der Waals surface area contributed by atoms with E-state index in [0.29, 0.717) is 18.9 Å². The van der Waals surface area contributed by atoms with Gasteiger partial charge in [0.1, 0.15) is 11.5 Å². The van der Waals surface area contributed by atoms with E-state index in [4.69, 9.17) is 4.42 Å². The second-order valence-electron chi connectivity index (χ2n) is 4.65.